The highest BCUT2D eigenvalue weighted by Crippen LogP contribution is 2.24. The summed E-state index contributed by atoms with van der Waals surface area (Å²) in [5.74, 6) is 0. The molecule has 1 aromatic heterocycles. The van der Waals surface area contributed by atoms with Crippen molar-refractivity contribution < 1.29 is 4.74 Å². The Kier molecular flexibility index (Phi) is 4.35. The van der Waals surface area contributed by atoms with E-state index in [-0.39, 0.29) is 0 Å². The molecular weight excluding hydrogens is 258 g/mol. The minimum absolute atomic E-state index is 0.400. The van der Waals surface area contributed by atoms with Crippen molar-refractivity contribution in [3.8, 4) is 0 Å². The van der Waals surface area contributed by atoms with Gasteiger partial charge in [0, 0.05) is 37.7 Å². The van der Waals surface area contributed by atoms with Crippen molar-refractivity contribution in [2.75, 3.05) is 24.6 Å². The minimum Gasteiger partial charge on any atom is -0.376 e. The lowest BCUT2D eigenvalue weighted by atomic mass is 10.2. The van der Waals surface area contributed by atoms with Crippen LogP contribution in [0.3, 0.4) is 0 Å². The second kappa shape index (κ2) is 6.20. The van der Waals surface area contributed by atoms with E-state index in [1.807, 2.05) is 0 Å². The standard InChI is InChI=1S/C14H23N3OS/c1-2-17(9-13-4-3-7-18-13)14-16-12(10-19-14)8-15-11-5-6-11/h10-11,13,15H,2-9H2,1H3. The second-order valence-corrected chi connectivity index (χ2v) is 6.29. The van der Waals surface area contributed by atoms with Crippen LogP contribution in [0.25, 0.3) is 0 Å². The van der Waals surface area contributed by atoms with Gasteiger partial charge in [-0.1, -0.05) is 0 Å². The molecule has 0 aromatic carbocycles. The molecule has 2 heterocycles. The number of anilines is 1. The van der Waals surface area contributed by atoms with Crippen LogP contribution in [0.15, 0.2) is 5.38 Å². The number of rotatable bonds is 7. The average molecular weight is 281 g/mol. The van der Waals surface area contributed by atoms with E-state index in [1.165, 1.54) is 31.4 Å². The van der Waals surface area contributed by atoms with Gasteiger partial charge in [0.15, 0.2) is 5.13 Å². The van der Waals surface area contributed by atoms with E-state index in [1.54, 1.807) is 11.3 Å². The third-order valence-electron chi connectivity index (χ3n) is 3.79. The number of nitrogens with zero attached hydrogens (tertiary/aromatic N) is 2. The van der Waals surface area contributed by atoms with Crippen LogP contribution >= 0.6 is 11.3 Å². The molecule has 3 rings (SSSR count). The Labute approximate surface area is 119 Å². The van der Waals surface area contributed by atoms with Crippen LogP contribution in [0.2, 0.25) is 0 Å². The highest BCUT2D eigenvalue weighted by molar-refractivity contribution is 7.13. The summed E-state index contributed by atoms with van der Waals surface area (Å²) in [6.45, 7) is 6.02. The molecule has 5 heteroatoms. The third-order valence-corrected chi connectivity index (χ3v) is 4.74. The van der Waals surface area contributed by atoms with Crippen LogP contribution in [0.5, 0.6) is 0 Å². The van der Waals surface area contributed by atoms with E-state index in [2.05, 4.69) is 22.5 Å². The van der Waals surface area contributed by atoms with E-state index in [4.69, 9.17) is 9.72 Å². The van der Waals surface area contributed by atoms with Gasteiger partial charge in [-0.15, -0.1) is 11.3 Å². The number of hydrogen-bond donors (Lipinski definition) is 1. The average Bonchev–Trinajstić information content (AvgIpc) is 2.92. The van der Waals surface area contributed by atoms with Gasteiger partial charge >= 0.3 is 0 Å². The zero-order valence-electron chi connectivity index (χ0n) is 11.6. The van der Waals surface area contributed by atoms with Gasteiger partial charge in [0.05, 0.1) is 11.8 Å². The summed E-state index contributed by atoms with van der Waals surface area (Å²) in [7, 11) is 0. The molecule has 1 saturated heterocycles. The Balaban J connectivity index is 1.55. The molecule has 0 spiro atoms. The van der Waals surface area contributed by atoms with Gasteiger partial charge in [-0.3, -0.25) is 0 Å². The van der Waals surface area contributed by atoms with Gasteiger partial charge in [0.1, 0.15) is 0 Å². The van der Waals surface area contributed by atoms with Crippen LogP contribution in [-0.4, -0.2) is 36.8 Å². The van der Waals surface area contributed by atoms with Crippen molar-refractivity contribution in [1.82, 2.24) is 10.3 Å². The maximum atomic E-state index is 5.72. The molecule has 0 amide bonds. The first-order valence-corrected chi connectivity index (χ1v) is 8.27. The van der Waals surface area contributed by atoms with Gasteiger partial charge in [0.2, 0.25) is 0 Å². The van der Waals surface area contributed by atoms with Crippen molar-refractivity contribution >= 4 is 16.5 Å². The Hall–Kier alpha value is -0.650. The molecule has 1 unspecified atom stereocenters. The molecule has 1 aliphatic heterocycles. The van der Waals surface area contributed by atoms with Crippen LogP contribution in [-0.2, 0) is 11.3 Å². The summed E-state index contributed by atoms with van der Waals surface area (Å²) in [4.78, 5) is 7.10. The van der Waals surface area contributed by atoms with E-state index in [0.29, 0.717) is 6.10 Å². The topological polar surface area (TPSA) is 37.4 Å². The van der Waals surface area contributed by atoms with Crippen LogP contribution in [0.1, 0.15) is 38.3 Å². The molecule has 19 heavy (non-hydrogen) atoms. The fraction of sp³-hybridized carbons (Fsp3) is 0.786. The molecule has 0 bridgehead atoms. The molecule has 1 aliphatic carbocycles. The Bertz CT molecular complexity index is 399. The summed E-state index contributed by atoms with van der Waals surface area (Å²) in [6, 6.07) is 0.749. The minimum atomic E-state index is 0.400. The van der Waals surface area contributed by atoms with Crippen LogP contribution in [0, 0.1) is 0 Å². The molecule has 1 atom stereocenters. The smallest absolute Gasteiger partial charge is 0.185 e. The maximum absolute atomic E-state index is 5.72. The zero-order chi connectivity index (χ0) is 13.1. The number of aromatic nitrogens is 1. The molecule has 2 fully saturated rings. The van der Waals surface area contributed by atoms with Crippen molar-refractivity contribution in [3.05, 3.63) is 11.1 Å². The Morgan fingerprint density at radius 3 is 3.05 bits per heavy atom. The SMILES string of the molecule is CCN(CC1CCCO1)c1nc(CNC2CC2)cs1. The summed E-state index contributed by atoms with van der Waals surface area (Å²) >= 11 is 1.76. The quantitative estimate of drug-likeness (QED) is 0.833. The molecule has 0 radical (unpaired) electrons. The lowest BCUT2D eigenvalue weighted by Gasteiger charge is -2.23. The van der Waals surface area contributed by atoms with Crippen LogP contribution < -0.4 is 10.2 Å². The molecule has 2 aliphatic rings. The van der Waals surface area contributed by atoms with Crippen molar-refractivity contribution in [1.29, 1.82) is 0 Å². The summed E-state index contributed by atoms with van der Waals surface area (Å²) in [5, 5.41) is 6.84. The molecule has 106 valence electrons. The predicted octanol–water partition coefficient (Wildman–Crippen LogP) is 2.40. The normalized spacial score (nSPS) is 22.9. The van der Waals surface area contributed by atoms with Gasteiger partial charge in [-0.05, 0) is 32.6 Å². The number of nitrogens with one attached hydrogen (secondary N) is 1. The van der Waals surface area contributed by atoms with Crippen molar-refractivity contribution in [3.63, 3.8) is 0 Å². The number of likely N-dealkylation sites (N-methyl/N-ethyl adjacent to an activating group) is 1. The Morgan fingerprint density at radius 2 is 2.37 bits per heavy atom. The van der Waals surface area contributed by atoms with E-state index in [9.17, 15) is 0 Å². The fourth-order valence-electron chi connectivity index (χ4n) is 2.44. The van der Waals surface area contributed by atoms with Gasteiger partial charge in [-0.25, -0.2) is 4.98 Å². The van der Waals surface area contributed by atoms with Crippen molar-refractivity contribution in [2.24, 2.45) is 0 Å². The van der Waals surface area contributed by atoms with Crippen LogP contribution in [0.4, 0.5) is 5.13 Å². The van der Waals surface area contributed by atoms with E-state index < -0.39 is 0 Å². The van der Waals surface area contributed by atoms with E-state index >= 15 is 0 Å². The highest BCUT2D eigenvalue weighted by atomic mass is 32.1. The van der Waals surface area contributed by atoms with Gasteiger partial charge < -0.3 is 15.0 Å². The molecular formula is C14H23N3OS. The number of ether oxygens (including phenoxy) is 1. The number of hydrogen-bond acceptors (Lipinski definition) is 5. The summed E-state index contributed by atoms with van der Waals surface area (Å²) in [5.41, 5.74) is 1.18. The second-order valence-electron chi connectivity index (χ2n) is 5.45. The Morgan fingerprint density at radius 1 is 1.47 bits per heavy atom. The summed E-state index contributed by atoms with van der Waals surface area (Å²) in [6.07, 6.45) is 5.46. The summed E-state index contributed by atoms with van der Waals surface area (Å²) < 4.78 is 5.72. The lowest BCUT2D eigenvalue weighted by molar-refractivity contribution is 0.115. The first kappa shape index (κ1) is 13.3. The maximum Gasteiger partial charge on any atom is 0.185 e. The van der Waals surface area contributed by atoms with E-state index in [0.717, 1.165) is 37.4 Å². The lowest BCUT2D eigenvalue weighted by Crippen LogP contribution is -2.32. The molecule has 1 saturated carbocycles. The monoisotopic (exact) mass is 281 g/mol. The molecule has 1 N–H and O–H groups in total. The molecule has 1 aromatic rings. The van der Waals surface area contributed by atoms with Gasteiger partial charge in [0.25, 0.3) is 0 Å². The fourth-order valence-corrected chi connectivity index (χ4v) is 3.34. The zero-order valence-corrected chi connectivity index (χ0v) is 12.4. The largest absolute Gasteiger partial charge is 0.376 e. The predicted molar refractivity (Wildman–Crippen MR) is 78.8 cm³/mol. The molecule has 4 nitrogen and oxygen atoms in total. The van der Waals surface area contributed by atoms with Gasteiger partial charge in [-0.2, -0.15) is 0 Å². The number of thiazole rings is 1. The first-order chi connectivity index (χ1) is 9.35. The third kappa shape index (κ3) is 3.68. The highest BCUT2D eigenvalue weighted by Gasteiger charge is 2.22. The van der Waals surface area contributed by atoms with Crippen molar-refractivity contribution in [2.45, 2.75) is 51.3 Å². The first-order valence-electron chi connectivity index (χ1n) is 7.39.